The molecule has 3 rings (SSSR count). The number of para-hydroxylation sites is 1. The van der Waals surface area contributed by atoms with Crippen molar-refractivity contribution in [1.82, 2.24) is 9.78 Å². The molecular formula is C18H17FN4O4S. The molecule has 0 bridgehead atoms. The molecule has 10 heteroatoms. The summed E-state index contributed by atoms with van der Waals surface area (Å²) in [4.78, 5) is 12.4. The molecule has 2 N–H and O–H groups in total. The highest BCUT2D eigenvalue weighted by atomic mass is 32.2. The molecule has 146 valence electrons. The summed E-state index contributed by atoms with van der Waals surface area (Å²) < 4.78 is 45.5. The van der Waals surface area contributed by atoms with Gasteiger partial charge in [0.1, 0.15) is 17.3 Å². The van der Waals surface area contributed by atoms with E-state index < -0.39 is 21.7 Å². The minimum Gasteiger partial charge on any atom is -0.495 e. The average molecular weight is 404 g/mol. The molecule has 1 aromatic heterocycles. The van der Waals surface area contributed by atoms with Gasteiger partial charge in [-0.25, -0.2) is 17.5 Å². The monoisotopic (exact) mass is 404 g/mol. The predicted molar refractivity (Wildman–Crippen MR) is 103 cm³/mol. The Labute approximate surface area is 161 Å². The van der Waals surface area contributed by atoms with Gasteiger partial charge in [0, 0.05) is 11.9 Å². The van der Waals surface area contributed by atoms with Crippen molar-refractivity contribution in [2.24, 2.45) is 0 Å². The first kappa shape index (κ1) is 19.4. The van der Waals surface area contributed by atoms with Crippen LogP contribution in [0.1, 0.15) is 10.5 Å². The number of benzene rings is 2. The summed E-state index contributed by atoms with van der Waals surface area (Å²) >= 11 is 0. The number of carbonyl (C=O) groups is 1. The molecule has 1 heterocycles. The van der Waals surface area contributed by atoms with Gasteiger partial charge in [0.05, 0.1) is 19.1 Å². The molecule has 0 aliphatic rings. The highest BCUT2D eigenvalue weighted by molar-refractivity contribution is 7.92. The van der Waals surface area contributed by atoms with E-state index in [-0.39, 0.29) is 17.1 Å². The fourth-order valence-corrected chi connectivity index (χ4v) is 3.04. The van der Waals surface area contributed by atoms with Gasteiger partial charge in [0.2, 0.25) is 10.0 Å². The third-order valence-corrected chi connectivity index (χ3v) is 4.26. The molecule has 8 nitrogen and oxygen atoms in total. The van der Waals surface area contributed by atoms with Gasteiger partial charge in [-0.2, -0.15) is 5.10 Å². The van der Waals surface area contributed by atoms with Gasteiger partial charge in [0.25, 0.3) is 5.91 Å². The smallest absolute Gasteiger partial charge is 0.276 e. The van der Waals surface area contributed by atoms with E-state index in [1.54, 1.807) is 18.2 Å². The number of nitrogens with zero attached hydrogens (tertiary/aromatic N) is 2. The van der Waals surface area contributed by atoms with Crippen molar-refractivity contribution in [2.75, 3.05) is 23.4 Å². The second kappa shape index (κ2) is 7.69. The Kier molecular flexibility index (Phi) is 5.32. The van der Waals surface area contributed by atoms with E-state index in [1.165, 1.54) is 48.3 Å². The molecule has 0 radical (unpaired) electrons. The molecule has 0 unspecified atom stereocenters. The van der Waals surface area contributed by atoms with Crippen molar-refractivity contribution in [2.45, 2.75) is 0 Å². The first-order valence-corrected chi connectivity index (χ1v) is 9.94. The van der Waals surface area contributed by atoms with Crippen LogP contribution in [0.3, 0.4) is 0 Å². The van der Waals surface area contributed by atoms with Crippen LogP contribution in [-0.2, 0) is 10.0 Å². The lowest BCUT2D eigenvalue weighted by molar-refractivity contribution is 0.102. The van der Waals surface area contributed by atoms with Gasteiger partial charge >= 0.3 is 0 Å². The number of methoxy groups -OCH3 is 1. The van der Waals surface area contributed by atoms with E-state index in [9.17, 15) is 17.6 Å². The van der Waals surface area contributed by atoms with E-state index in [4.69, 9.17) is 4.74 Å². The van der Waals surface area contributed by atoms with E-state index in [0.29, 0.717) is 11.4 Å². The molecule has 3 aromatic rings. The molecule has 1 amide bonds. The van der Waals surface area contributed by atoms with Gasteiger partial charge < -0.3 is 10.1 Å². The van der Waals surface area contributed by atoms with Crippen LogP contribution in [0.15, 0.2) is 54.7 Å². The maximum absolute atomic E-state index is 13.9. The van der Waals surface area contributed by atoms with Crippen molar-refractivity contribution in [1.29, 1.82) is 0 Å². The minimum atomic E-state index is -3.53. The minimum absolute atomic E-state index is 0.0664. The lowest BCUT2D eigenvalue weighted by atomic mass is 10.2. The molecule has 0 fully saturated rings. The number of ether oxygens (including phenoxy) is 1. The van der Waals surface area contributed by atoms with Crippen LogP contribution in [0.2, 0.25) is 0 Å². The van der Waals surface area contributed by atoms with Gasteiger partial charge in [-0.15, -0.1) is 0 Å². The number of sulfonamides is 1. The van der Waals surface area contributed by atoms with Crippen molar-refractivity contribution in [3.05, 3.63) is 66.2 Å². The number of amides is 1. The van der Waals surface area contributed by atoms with Crippen LogP contribution in [0.5, 0.6) is 5.75 Å². The molecule has 0 saturated heterocycles. The summed E-state index contributed by atoms with van der Waals surface area (Å²) in [6.07, 6.45) is 2.48. The van der Waals surface area contributed by atoms with Crippen LogP contribution in [0.4, 0.5) is 15.8 Å². The molecule has 0 saturated carbocycles. The average Bonchev–Trinajstić information content (AvgIpc) is 3.11. The number of rotatable bonds is 6. The van der Waals surface area contributed by atoms with E-state index in [2.05, 4.69) is 15.1 Å². The van der Waals surface area contributed by atoms with Gasteiger partial charge in [-0.3, -0.25) is 9.52 Å². The summed E-state index contributed by atoms with van der Waals surface area (Å²) in [6, 6.07) is 12.0. The second-order valence-corrected chi connectivity index (χ2v) is 7.59. The third kappa shape index (κ3) is 4.46. The standard InChI is InChI=1S/C18H17FN4O4S/c1-27-17-8-7-12(11-15(17)22-28(2,25)26)20-18(24)14-9-10-23(21-14)16-6-4-3-5-13(16)19/h3-11,22H,1-2H3,(H,20,24). The zero-order valence-electron chi connectivity index (χ0n) is 15.0. The first-order valence-electron chi connectivity index (χ1n) is 8.04. The topological polar surface area (TPSA) is 102 Å². The molecule has 0 aliphatic carbocycles. The summed E-state index contributed by atoms with van der Waals surface area (Å²) in [5.74, 6) is -0.706. The van der Waals surface area contributed by atoms with Gasteiger partial charge in [-0.1, -0.05) is 12.1 Å². The predicted octanol–water partition coefficient (Wildman–Crippen LogP) is 2.64. The van der Waals surface area contributed by atoms with Crippen molar-refractivity contribution in [3.8, 4) is 11.4 Å². The lowest BCUT2D eigenvalue weighted by Crippen LogP contribution is -2.14. The molecule has 0 atom stereocenters. The molecule has 28 heavy (non-hydrogen) atoms. The Morgan fingerprint density at radius 1 is 1.18 bits per heavy atom. The Balaban J connectivity index is 1.82. The van der Waals surface area contributed by atoms with Gasteiger partial charge in [0.15, 0.2) is 5.69 Å². The van der Waals surface area contributed by atoms with Crippen LogP contribution in [0, 0.1) is 5.82 Å². The van der Waals surface area contributed by atoms with E-state index in [0.717, 1.165) is 6.26 Å². The third-order valence-electron chi connectivity index (χ3n) is 3.67. The van der Waals surface area contributed by atoms with Crippen LogP contribution < -0.4 is 14.8 Å². The maximum Gasteiger partial charge on any atom is 0.276 e. The summed E-state index contributed by atoms with van der Waals surface area (Å²) in [5, 5.41) is 6.70. The number of carbonyl (C=O) groups excluding carboxylic acids is 1. The Morgan fingerprint density at radius 2 is 1.93 bits per heavy atom. The van der Waals surface area contributed by atoms with Crippen LogP contribution in [0.25, 0.3) is 5.69 Å². The zero-order chi connectivity index (χ0) is 20.3. The number of nitrogens with one attached hydrogen (secondary N) is 2. The van der Waals surface area contributed by atoms with Crippen molar-refractivity contribution < 1.29 is 22.3 Å². The number of hydrogen-bond donors (Lipinski definition) is 2. The maximum atomic E-state index is 13.9. The highest BCUT2D eigenvalue weighted by Gasteiger charge is 2.14. The Morgan fingerprint density at radius 3 is 2.61 bits per heavy atom. The van der Waals surface area contributed by atoms with Crippen molar-refractivity contribution >= 4 is 27.3 Å². The van der Waals surface area contributed by atoms with Gasteiger partial charge in [-0.05, 0) is 36.4 Å². The lowest BCUT2D eigenvalue weighted by Gasteiger charge is -2.12. The number of hydrogen-bond acceptors (Lipinski definition) is 5. The SMILES string of the molecule is COc1ccc(NC(=O)c2ccn(-c3ccccc3F)n2)cc1NS(C)(=O)=O. The first-order chi connectivity index (χ1) is 13.3. The second-order valence-electron chi connectivity index (χ2n) is 5.84. The fourth-order valence-electron chi connectivity index (χ4n) is 2.48. The summed E-state index contributed by atoms with van der Waals surface area (Å²) in [7, 11) is -2.13. The Hall–Kier alpha value is -3.40. The highest BCUT2D eigenvalue weighted by Crippen LogP contribution is 2.28. The molecule has 2 aromatic carbocycles. The summed E-state index contributed by atoms with van der Waals surface area (Å²) in [5.41, 5.74) is 0.791. The molecular weight excluding hydrogens is 387 g/mol. The zero-order valence-corrected chi connectivity index (χ0v) is 15.8. The quantitative estimate of drug-likeness (QED) is 0.658. The van der Waals surface area contributed by atoms with Crippen LogP contribution >= 0.6 is 0 Å². The summed E-state index contributed by atoms with van der Waals surface area (Å²) in [6.45, 7) is 0. The molecule has 0 spiro atoms. The van der Waals surface area contributed by atoms with Crippen LogP contribution in [-0.4, -0.2) is 37.5 Å². The number of anilines is 2. The normalized spacial score (nSPS) is 11.1. The largest absolute Gasteiger partial charge is 0.495 e. The van der Waals surface area contributed by atoms with E-state index >= 15 is 0 Å². The number of aromatic nitrogens is 2. The van der Waals surface area contributed by atoms with E-state index in [1.807, 2.05) is 0 Å². The van der Waals surface area contributed by atoms with Crippen molar-refractivity contribution in [3.63, 3.8) is 0 Å². The fraction of sp³-hybridized carbons (Fsp3) is 0.111. The number of halogens is 1. The molecule has 0 aliphatic heterocycles. The Bertz CT molecular complexity index is 1130.